The van der Waals surface area contributed by atoms with Crippen LogP contribution < -0.4 is 5.32 Å². The van der Waals surface area contributed by atoms with E-state index in [0.29, 0.717) is 12.1 Å². The van der Waals surface area contributed by atoms with Crippen molar-refractivity contribution in [3.63, 3.8) is 0 Å². The second-order valence-corrected chi connectivity index (χ2v) is 5.66. The Morgan fingerprint density at radius 2 is 2.11 bits per heavy atom. The van der Waals surface area contributed by atoms with Crippen molar-refractivity contribution >= 4 is 0 Å². The van der Waals surface area contributed by atoms with Gasteiger partial charge in [0.25, 0.3) is 0 Å². The van der Waals surface area contributed by atoms with Crippen LogP contribution in [0.4, 0.5) is 0 Å². The molecule has 19 heavy (non-hydrogen) atoms. The molecule has 2 unspecified atom stereocenters. The van der Waals surface area contributed by atoms with Crippen molar-refractivity contribution in [2.75, 3.05) is 13.2 Å². The van der Waals surface area contributed by atoms with E-state index < -0.39 is 0 Å². The zero-order valence-corrected chi connectivity index (χ0v) is 12.1. The van der Waals surface area contributed by atoms with E-state index in [2.05, 4.69) is 42.6 Å². The Labute approximate surface area is 117 Å². The molecule has 1 aliphatic heterocycles. The molecule has 0 radical (unpaired) electrons. The molecule has 106 valence electrons. The predicted octanol–water partition coefficient (Wildman–Crippen LogP) is 3.56. The maximum atomic E-state index is 5.75. The van der Waals surface area contributed by atoms with E-state index in [0.717, 1.165) is 26.0 Å². The average molecular weight is 261 g/mol. The molecule has 0 saturated carbocycles. The summed E-state index contributed by atoms with van der Waals surface area (Å²) < 4.78 is 5.75. The van der Waals surface area contributed by atoms with Crippen molar-refractivity contribution in [3.05, 3.63) is 35.9 Å². The standard InChI is InChI=1S/C17H27NO/c1-15(10-11-16-7-3-2-4-8-16)18-13-12-17-9-5-6-14-19-17/h2-4,7-8,15,17-18H,5-6,9-14H2,1H3. The van der Waals surface area contributed by atoms with Crippen LogP contribution in [0.25, 0.3) is 0 Å². The lowest BCUT2D eigenvalue weighted by molar-refractivity contribution is 0.0112. The molecule has 1 saturated heterocycles. The zero-order valence-electron chi connectivity index (χ0n) is 12.1. The van der Waals surface area contributed by atoms with Crippen molar-refractivity contribution in [3.8, 4) is 0 Å². The van der Waals surface area contributed by atoms with Crippen LogP contribution >= 0.6 is 0 Å². The number of hydrogen-bond donors (Lipinski definition) is 1. The first-order valence-corrected chi connectivity index (χ1v) is 7.73. The molecule has 1 aliphatic rings. The fourth-order valence-electron chi connectivity index (χ4n) is 2.66. The molecule has 2 rings (SSSR count). The van der Waals surface area contributed by atoms with E-state index in [9.17, 15) is 0 Å². The molecule has 2 nitrogen and oxygen atoms in total. The van der Waals surface area contributed by atoms with Crippen LogP contribution in [0.5, 0.6) is 0 Å². The van der Waals surface area contributed by atoms with Gasteiger partial charge in [0.1, 0.15) is 0 Å². The van der Waals surface area contributed by atoms with E-state index in [1.807, 2.05) is 0 Å². The van der Waals surface area contributed by atoms with Gasteiger partial charge in [-0.2, -0.15) is 0 Å². The smallest absolute Gasteiger partial charge is 0.0587 e. The quantitative estimate of drug-likeness (QED) is 0.810. The molecule has 0 aromatic heterocycles. The van der Waals surface area contributed by atoms with Crippen molar-refractivity contribution in [1.82, 2.24) is 5.32 Å². The van der Waals surface area contributed by atoms with Gasteiger partial charge in [0.2, 0.25) is 0 Å². The average Bonchev–Trinajstić information content (AvgIpc) is 2.47. The highest BCUT2D eigenvalue weighted by molar-refractivity contribution is 5.14. The van der Waals surface area contributed by atoms with Crippen LogP contribution in [0.1, 0.15) is 44.6 Å². The van der Waals surface area contributed by atoms with E-state index in [4.69, 9.17) is 4.74 Å². The molecular formula is C17H27NO. The summed E-state index contributed by atoms with van der Waals surface area (Å²) in [7, 11) is 0. The molecule has 1 aromatic rings. The van der Waals surface area contributed by atoms with Crippen molar-refractivity contribution < 1.29 is 4.74 Å². The van der Waals surface area contributed by atoms with Crippen molar-refractivity contribution in [1.29, 1.82) is 0 Å². The summed E-state index contributed by atoms with van der Waals surface area (Å²) in [6, 6.07) is 11.3. The fourth-order valence-corrected chi connectivity index (χ4v) is 2.66. The first-order chi connectivity index (χ1) is 9.34. The minimum Gasteiger partial charge on any atom is -0.378 e. The Hall–Kier alpha value is -0.860. The maximum absolute atomic E-state index is 5.75. The molecule has 0 spiro atoms. The molecule has 1 heterocycles. The Morgan fingerprint density at radius 3 is 2.84 bits per heavy atom. The highest BCUT2D eigenvalue weighted by Crippen LogP contribution is 2.15. The topological polar surface area (TPSA) is 21.3 Å². The van der Waals surface area contributed by atoms with Gasteiger partial charge in [-0.25, -0.2) is 0 Å². The number of hydrogen-bond acceptors (Lipinski definition) is 2. The number of benzene rings is 1. The summed E-state index contributed by atoms with van der Waals surface area (Å²) >= 11 is 0. The monoisotopic (exact) mass is 261 g/mol. The third-order valence-electron chi connectivity index (χ3n) is 3.94. The summed E-state index contributed by atoms with van der Waals surface area (Å²) in [6.07, 6.45) is 7.87. The van der Waals surface area contributed by atoms with E-state index in [-0.39, 0.29) is 0 Å². The van der Waals surface area contributed by atoms with E-state index in [1.165, 1.54) is 31.2 Å². The van der Waals surface area contributed by atoms with Gasteiger partial charge in [-0.05, 0) is 57.6 Å². The van der Waals surface area contributed by atoms with Crippen molar-refractivity contribution in [2.45, 2.75) is 57.6 Å². The molecule has 0 aliphatic carbocycles. The maximum Gasteiger partial charge on any atom is 0.0587 e. The van der Waals surface area contributed by atoms with Crippen LogP contribution in [0.3, 0.4) is 0 Å². The lowest BCUT2D eigenvalue weighted by atomic mass is 10.0. The molecule has 0 bridgehead atoms. The highest BCUT2D eigenvalue weighted by Gasteiger charge is 2.13. The predicted molar refractivity (Wildman–Crippen MR) is 80.4 cm³/mol. The first kappa shape index (κ1) is 14.5. The summed E-state index contributed by atoms with van der Waals surface area (Å²) in [5.74, 6) is 0. The number of rotatable bonds is 7. The van der Waals surface area contributed by atoms with Crippen LogP contribution in [0.2, 0.25) is 0 Å². The Kier molecular flexibility index (Phi) is 6.38. The Morgan fingerprint density at radius 1 is 1.26 bits per heavy atom. The van der Waals surface area contributed by atoms with Crippen LogP contribution in [-0.4, -0.2) is 25.3 Å². The molecule has 0 amide bonds. The summed E-state index contributed by atoms with van der Waals surface area (Å²) in [4.78, 5) is 0. The Bertz CT molecular complexity index is 332. The van der Waals surface area contributed by atoms with E-state index in [1.54, 1.807) is 0 Å². The third-order valence-corrected chi connectivity index (χ3v) is 3.94. The lowest BCUT2D eigenvalue weighted by Gasteiger charge is -2.23. The largest absolute Gasteiger partial charge is 0.378 e. The SMILES string of the molecule is CC(CCc1ccccc1)NCCC1CCCCO1. The zero-order chi connectivity index (χ0) is 13.3. The number of aryl methyl sites for hydroxylation is 1. The molecule has 1 fully saturated rings. The molecule has 2 heteroatoms. The van der Waals surface area contributed by atoms with Gasteiger partial charge in [-0.3, -0.25) is 0 Å². The number of nitrogens with one attached hydrogen (secondary N) is 1. The fraction of sp³-hybridized carbons (Fsp3) is 0.647. The second-order valence-electron chi connectivity index (χ2n) is 5.66. The summed E-state index contributed by atoms with van der Waals surface area (Å²) in [6.45, 7) is 4.33. The normalized spacial score (nSPS) is 21.2. The minimum absolute atomic E-state index is 0.502. The molecular weight excluding hydrogens is 234 g/mol. The van der Waals surface area contributed by atoms with Gasteiger partial charge < -0.3 is 10.1 Å². The minimum atomic E-state index is 0.502. The second kappa shape index (κ2) is 8.34. The van der Waals surface area contributed by atoms with Gasteiger partial charge in [0, 0.05) is 12.6 Å². The summed E-state index contributed by atoms with van der Waals surface area (Å²) in [5, 5.41) is 3.62. The highest BCUT2D eigenvalue weighted by atomic mass is 16.5. The lowest BCUT2D eigenvalue weighted by Crippen LogP contribution is -2.31. The molecule has 1 aromatic carbocycles. The van der Waals surface area contributed by atoms with Gasteiger partial charge in [0.05, 0.1) is 6.10 Å². The van der Waals surface area contributed by atoms with Gasteiger partial charge >= 0.3 is 0 Å². The van der Waals surface area contributed by atoms with Gasteiger partial charge in [-0.1, -0.05) is 30.3 Å². The Balaban J connectivity index is 1.55. The first-order valence-electron chi connectivity index (χ1n) is 7.73. The third kappa shape index (κ3) is 5.75. The molecule has 2 atom stereocenters. The van der Waals surface area contributed by atoms with E-state index >= 15 is 0 Å². The van der Waals surface area contributed by atoms with Crippen LogP contribution in [0.15, 0.2) is 30.3 Å². The van der Waals surface area contributed by atoms with Crippen LogP contribution in [-0.2, 0) is 11.2 Å². The molecule has 1 N–H and O–H groups in total. The van der Waals surface area contributed by atoms with Crippen molar-refractivity contribution in [2.24, 2.45) is 0 Å². The van der Waals surface area contributed by atoms with Gasteiger partial charge in [0.15, 0.2) is 0 Å². The van der Waals surface area contributed by atoms with Crippen LogP contribution in [0, 0.1) is 0 Å². The summed E-state index contributed by atoms with van der Waals surface area (Å²) in [5.41, 5.74) is 1.44. The van der Waals surface area contributed by atoms with Gasteiger partial charge in [-0.15, -0.1) is 0 Å². The number of ether oxygens (including phenoxy) is 1.